The predicted molar refractivity (Wildman–Crippen MR) is 114 cm³/mol. The summed E-state index contributed by atoms with van der Waals surface area (Å²) in [6, 6.07) is 10.5. The molecule has 1 N–H and O–H groups in total. The predicted octanol–water partition coefficient (Wildman–Crippen LogP) is 1.85. The smallest absolute Gasteiger partial charge is 0.243 e. The zero-order valence-corrected chi connectivity index (χ0v) is 18.0. The van der Waals surface area contributed by atoms with Crippen molar-refractivity contribution in [3.63, 3.8) is 0 Å². The molecule has 0 unspecified atom stereocenters. The van der Waals surface area contributed by atoms with Gasteiger partial charge in [0.05, 0.1) is 29.6 Å². The summed E-state index contributed by atoms with van der Waals surface area (Å²) in [5.41, 5.74) is 1.81. The van der Waals surface area contributed by atoms with Gasteiger partial charge in [0.25, 0.3) is 0 Å². The summed E-state index contributed by atoms with van der Waals surface area (Å²) in [6.07, 6.45) is 0. The molecule has 0 saturated carbocycles. The quantitative estimate of drug-likeness (QED) is 0.641. The van der Waals surface area contributed by atoms with Crippen LogP contribution in [0.1, 0.15) is 5.82 Å². The minimum Gasteiger partial charge on any atom is -0.497 e. The fourth-order valence-electron chi connectivity index (χ4n) is 3.92. The molecule has 10 heteroatoms. The monoisotopic (exact) mass is 444 g/mol. The Bertz CT molecular complexity index is 1200. The lowest BCUT2D eigenvalue weighted by Gasteiger charge is -2.33. The van der Waals surface area contributed by atoms with Crippen LogP contribution in [-0.2, 0) is 16.6 Å². The molecule has 0 radical (unpaired) electrons. The molecule has 31 heavy (non-hydrogen) atoms. The van der Waals surface area contributed by atoms with Gasteiger partial charge in [-0.25, -0.2) is 13.4 Å². The summed E-state index contributed by atoms with van der Waals surface area (Å²) in [7, 11) is -1.95. The van der Waals surface area contributed by atoms with Crippen molar-refractivity contribution in [3.8, 4) is 17.2 Å². The Hall–Kier alpha value is -2.82. The zero-order valence-electron chi connectivity index (χ0n) is 17.2. The third-order valence-electron chi connectivity index (χ3n) is 5.59. The first-order valence-electron chi connectivity index (χ1n) is 10.2. The number of methoxy groups -OCH3 is 1. The number of nitrogens with one attached hydrogen (secondary N) is 1. The second kappa shape index (κ2) is 8.03. The van der Waals surface area contributed by atoms with Crippen LogP contribution in [0.2, 0.25) is 0 Å². The van der Waals surface area contributed by atoms with Crippen molar-refractivity contribution in [2.45, 2.75) is 11.4 Å². The number of hydrogen-bond acceptors (Lipinski definition) is 7. The van der Waals surface area contributed by atoms with E-state index in [0.29, 0.717) is 57.4 Å². The highest BCUT2D eigenvalue weighted by molar-refractivity contribution is 7.89. The van der Waals surface area contributed by atoms with E-state index in [4.69, 9.17) is 14.2 Å². The molecule has 0 aliphatic carbocycles. The molecule has 2 aromatic carbocycles. The summed E-state index contributed by atoms with van der Waals surface area (Å²) >= 11 is 0. The number of aromatic amines is 1. The maximum atomic E-state index is 13.1. The summed E-state index contributed by atoms with van der Waals surface area (Å²) in [5.74, 6) is 2.69. The molecule has 0 amide bonds. The SMILES string of the molecule is COc1ccc2nc(CN3CCN(S(=O)(=O)c4ccc5c(c4)OCCO5)CC3)[nH]c2c1. The molecular weight excluding hydrogens is 420 g/mol. The molecule has 9 nitrogen and oxygen atoms in total. The van der Waals surface area contributed by atoms with Gasteiger partial charge in [-0.15, -0.1) is 0 Å². The molecule has 164 valence electrons. The largest absolute Gasteiger partial charge is 0.497 e. The molecule has 0 bridgehead atoms. The first kappa shape index (κ1) is 20.1. The highest BCUT2D eigenvalue weighted by Gasteiger charge is 2.30. The van der Waals surface area contributed by atoms with Crippen LogP contribution in [0.5, 0.6) is 17.2 Å². The van der Waals surface area contributed by atoms with Gasteiger partial charge in [-0.2, -0.15) is 4.31 Å². The summed E-state index contributed by atoms with van der Waals surface area (Å²) in [4.78, 5) is 10.4. The van der Waals surface area contributed by atoms with Crippen molar-refractivity contribution >= 4 is 21.1 Å². The standard InChI is InChI=1S/C21H24N4O5S/c1-28-15-2-4-17-18(12-15)23-21(22-17)14-24-6-8-25(9-7-24)31(26,27)16-3-5-19-20(13-16)30-11-10-29-19/h2-5,12-13H,6-11,14H2,1H3,(H,22,23). The van der Waals surface area contributed by atoms with Crippen LogP contribution in [0.3, 0.4) is 0 Å². The molecule has 2 aliphatic heterocycles. The number of H-pyrrole nitrogens is 1. The Morgan fingerprint density at radius 1 is 1.03 bits per heavy atom. The van der Waals surface area contributed by atoms with Gasteiger partial charge in [-0.05, 0) is 24.3 Å². The molecule has 2 aliphatic rings. The zero-order chi connectivity index (χ0) is 21.4. The number of imidazole rings is 1. The number of piperazine rings is 1. The summed E-state index contributed by atoms with van der Waals surface area (Å²) in [5, 5.41) is 0. The van der Waals surface area contributed by atoms with E-state index in [1.165, 1.54) is 4.31 Å². The third-order valence-corrected chi connectivity index (χ3v) is 7.49. The van der Waals surface area contributed by atoms with Crippen LogP contribution in [0.4, 0.5) is 0 Å². The Kier molecular flexibility index (Phi) is 5.20. The molecule has 3 heterocycles. The van der Waals surface area contributed by atoms with Crippen LogP contribution in [-0.4, -0.2) is 74.1 Å². The summed E-state index contributed by atoms with van der Waals surface area (Å²) in [6.45, 7) is 3.63. The third kappa shape index (κ3) is 3.93. The maximum absolute atomic E-state index is 13.1. The lowest BCUT2D eigenvalue weighted by molar-refractivity contribution is 0.170. The van der Waals surface area contributed by atoms with E-state index in [1.54, 1.807) is 25.3 Å². The molecule has 1 fully saturated rings. The van der Waals surface area contributed by atoms with Crippen molar-refractivity contribution in [1.82, 2.24) is 19.2 Å². The van der Waals surface area contributed by atoms with E-state index in [0.717, 1.165) is 22.6 Å². The topological polar surface area (TPSA) is 97.0 Å². The van der Waals surface area contributed by atoms with E-state index in [1.807, 2.05) is 18.2 Å². The number of hydrogen-bond donors (Lipinski definition) is 1. The lowest BCUT2D eigenvalue weighted by Crippen LogP contribution is -2.48. The Balaban J connectivity index is 1.24. The van der Waals surface area contributed by atoms with Crippen LogP contribution in [0.25, 0.3) is 11.0 Å². The molecule has 1 saturated heterocycles. The van der Waals surface area contributed by atoms with E-state index in [-0.39, 0.29) is 4.90 Å². The van der Waals surface area contributed by atoms with Gasteiger partial charge in [-0.3, -0.25) is 4.90 Å². The van der Waals surface area contributed by atoms with Gasteiger partial charge < -0.3 is 19.2 Å². The minimum absolute atomic E-state index is 0.233. The molecule has 0 atom stereocenters. The number of benzene rings is 2. The van der Waals surface area contributed by atoms with Crippen molar-refractivity contribution in [2.24, 2.45) is 0 Å². The average Bonchev–Trinajstić information content (AvgIpc) is 3.20. The molecule has 0 spiro atoms. The fraction of sp³-hybridized carbons (Fsp3) is 0.381. The van der Waals surface area contributed by atoms with Gasteiger partial charge in [0.15, 0.2) is 11.5 Å². The Labute approximate surface area is 180 Å². The van der Waals surface area contributed by atoms with Crippen LogP contribution < -0.4 is 14.2 Å². The van der Waals surface area contributed by atoms with Gasteiger partial charge in [0, 0.05) is 38.3 Å². The van der Waals surface area contributed by atoms with Crippen molar-refractivity contribution < 1.29 is 22.6 Å². The van der Waals surface area contributed by atoms with Crippen molar-refractivity contribution in [3.05, 3.63) is 42.2 Å². The first-order valence-corrected chi connectivity index (χ1v) is 11.6. The van der Waals surface area contributed by atoms with Gasteiger partial charge in [0.2, 0.25) is 10.0 Å². The highest BCUT2D eigenvalue weighted by atomic mass is 32.2. The second-order valence-electron chi connectivity index (χ2n) is 7.55. The lowest BCUT2D eigenvalue weighted by atomic mass is 10.3. The van der Waals surface area contributed by atoms with E-state index in [9.17, 15) is 8.42 Å². The maximum Gasteiger partial charge on any atom is 0.243 e. The van der Waals surface area contributed by atoms with Crippen LogP contribution in [0.15, 0.2) is 41.3 Å². The van der Waals surface area contributed by atoms with Gasteiger partial charge >= 0.3 is 0 Å². The Morgan fingerprint density at radius 3 is 2.58 bits per heavy atom. The minimum atomic E-state index is -3.59. The molecule has 3 aromatic rings. The molecule has 5 rings (SSSR count). The van der Waals surface area contributed by atoms with Crippen LogP contribution in [0, 0.1) is 0 Å². The number of rotatable bonds is 5. The highest BCUT2D eigenvalue weighted by Crippen LogP contribution is 2.33. The first-order chi connectivity index (χ1) is 15.0. The van der Waals surface area contributed by atoms with Gasteiger partial charge in [0.1, 0.15) is 24.8 Å². The molecule has 1 aromatic heterocycles. The van der Waals surface area contributed by atoms with Gasteiger partial charge in [-0.1, -0.05) is 0 Å². The normalized spacial score (nSPS) is 17.7. The average molecular weight is 445 g/mol. The number of nitrogens with zero attached hydrogens (tertiary/aromatic N) is 3. The summed E-state index contributed by atoms with van der Waals surface area (Å²) < 4.78 is 44.0. The van der Waals surface area contributed by atoms with E-state index in [2.05, 4.69) is 14.9 Å². The van der Waals surface area contributed by atoms with E-state index < -0.39 is 10.0 Å². The Morgan fingerprint density at radius 2 is 1.81 bits per heavy atom. The second-order valence-corrected chi connectivity index (χ2v) is 9.49. The van der Waals surface area contributed by atoms with Crippen molar-refractivity contribution in [2.75, 3.05) is 46.5 Å². The molecular formula is C21H24N4O5S. The fourth-order valence-corrected chi connectivity index (χ4v) is 5.35. The van der Waals surface area contributed by atoms with E-state index >= 15 is 0 Å². The number of sulfonamides is 1. The number of aromatic nitrogens is 2. The van der Waals surface area contributed by atoms with Crippen molar-refractivity contribution in [1.29, 1.82) is 0 Å². The number of fused-ring (bicyclic) bond motifs is 2. The number of ether oxygens (including phenoxy) is 3. The van der Waals surface area contributed by atoms with Crippen LogP contribution >= 0.6 is 0 Å².